The number of hydrogen-bond acceptors (Lipinski definition) is 3. The Labute approximate surface area is 156 Å². The molecule has 5 nitrogen and oxygen atoms in total. The summed E-state index contributed by atoms with van der Waals surface area (Å²) in [6, 6.07) is 14.8. The Balaban J connectivity index is 1.73. The van der Waals surface area contributed by atoms with Crippen molar-refractivity contribution in [1.82, 2.24) is 10.2 Å². The van der Waals surface area contributed by atoms with Crippen molar-refractivity contribution in [2.75, 3.05) is 26.7 Å². The topological polar surface area (TPSA) is 58.6 Å². The smallest absolute Gasteiger partial charge is 0.251 e. The molecule has 0 radical (unpaired) electrons. The van der Waals surface area contributed by atoms with Crippen molar-refractivity contribution >= 4 is 27.7 Å². The first kappa shape index (κ1) is 19.0. The Morgan fingerprint density at radius 3 is 2.64 bits per heavy atom. The molecule has 0 aliphatic carbocycles. The summed E-state index contributed by atoms with van der Waals surface area (Å²) in [6.07, 6.45) is 0. The maximum absolute atomic E-state index is 12.1. The second-order valence-electron chi connectivity index (χ2n) is 5.67. The second kappa shape index (κ2) is 9.22. The van der Waals surface area contributed by atoms with Crippen LogP contribution in [-0.2, 0) is 4.79 Å². The van der Waals surface area contributed by atoms with E-state index in [4.69, 9.17) is 4.74 Å². The number of rotatable bonds is 7. The van der Waals surface area contributed by atoms with Crippen LogP contribution in [-0.4, -0.2) is 43.5 Å². The lowest BCUT2D eigenvalue weighted by Gasteiger charge is -2.18. The van der Waals surface area contributed by atoms with Crippen LogP contribution in [0.25, 0.3) is 0 Å². The number of halogens is 1. The summed E-state index contributed by atoms with van der Waals surface area (Å²) in [6.45, 7) is 2.79. The maximum atomic E-state index is 12.1. The summed E-state index contributed by atoms with van der Waals surface area (Å²) in [7, 11) is 1.69. The van der Waals surface area contributed by atoms with Crippen LogP contribution in [0.1, 0.15) is 15.9 Å². The molecule has 0 aliphatic rings. The lowest BCUT2D eigenvalue weighted by Crippen LogP contribution is -2.39. The van der Waals surface area contributed by atoms with E-state index in [1.54, 1.807) is 25.2 Å². The van der Waals surface area contributed by atoms with Gasteiger partial charge in [-0.05, 0) is 42.8 Å². The van der Waals surface area contributed by atoms with E-state index in [-0.39, 0.29) is 18.4 Å². The number of nitrogens with zero attached hydrogens (tertiary/aromatic N) is 1. The van der Waals surface area contributed by atoms with E-state index in [1.807, 2.05) is 37.3 Å². The summed E-state index contributed by atoms with van der Waals surface area (Å²) in [4.78, 5) is 25.7. The molecule has 0 bridgehead atoms. The zero-order chi connectivity index (χ0) is 18.2. The molecule has 1 N–H and O–H groups in total. The Bertz CT molecular complexity index is 749. The number of nitrogens with one attached hydrogen (secondary N) is 1. The second-order valence-corrected chi connectivity index (χ2v) is 6.59. The van der Waals surface area contributed by atoms with Gasteiger partial charge >= 0.3 is 0 Å². The molecule has 2 aromatic rings. The standard InChI is InChI=1S/C19H21BrN2O3/c1-14-5-3-8-17(11-14)25-10-9-22(2)18(23)13-21-19(24)15-6-4-7-16(20)12-15/h3-8,11-12H,9-10,13H2,1-2H3,(H,21,24). The van der Waals surface area contributed by atoms with Crippen LogP contribution >= 0.6 is 15.9 Å². The molecule has 6 heteroatoms. The van der Waals surface area contributed by atoms with Gasteiger partial charge in [0, 0.05) is 17.1 Å². The molecule has 0 spiro atoms. The van der Waals surface area contributed by atoms with Gasteiger partial charge in [-0.25, -0.2) is 0 Å². The van der Waals surface area contributed by atoms with E-state index in [0.717, 1.165) is 15.8 Å². The van der Waals surface area contributed by atoms with E-state index < -0.39 is 0 Å². The Morgan fingerprint density at radius 1 is 1.16 bits per heavy atom. The van der Waals surface area contributed by atoms with Crippen molar-refractivity contribution in [2.45, 2.75) is 6.92 Å². The highest BCUT2D eigenvalue weighted by molar-refractivity contribution is 9.10. The third-order valence-electron chi connectivity index (χ3n) is 3.60. The molecule has 0 unspecified atom stereocenters. The van der Waals surface area contributed by atoms with Crippen molar-refractivity contribution in [1.29, 1.82) is 0 Å². The fourth-order valence-electron chi connectivity index (χ4n) is 2.15. The Hall–Kier alpha value is -2.34. The lowest BCUT2D eigenvalue weighted by molar-refractivity contribution is -0.129. The molecular weight excluding hydrogens is 384 g/mol. The molecule has 132 valence electrons. The predicted octanol–water partition coefficient (Wildman–Crippen LogP) is 3.02. The van der Waals surface area contributed by atoms with Crippen molar-refractivity contribution in [2.24, 2.45) is 0 Å². The highest BCUT2D eigenvalue weighted by atomic mass is 79.9. The number of ether oxygens (including phenoxy) is 1. The fourth-order valence-corrected chi connectivity index (χ4v) is 2.55. The zero-order valence-electron chi connectivity index (χ0n) is 14.3. The monoisotopic (exact) mass is 404 g/mol. The van der Waals surface area contributed by atoms with Crippen LogP contribution in [0, 0.1) is 6.92 Å². The Kier molecular flexibility index (Phi) is 7.01. The molecule has 0 atom stereocenters. The summed E-state index contributed by atoms with van der Waals surface area (Å²) in [5, 5.41) is 2.63. The molecule has 0 aromatic heterocycles. The highest BCUT2D eigenvalue weighted by Crippen LogP contribution is 2.12. The van der Waals surface area contributed by atoms with Crippen LogP contribution in [0.2, 0.25) is 0 Å². The first-order valence-electron chi connectivity index (χ1n) is 7.93. The third kappa shape index (κ3) is 6.23. The van der Waals surface area contributed by atoms with E-state index >= 15 is 0 Å². The number of aryl methyl sites for hydroxylation is 1. The fraction of sp³-hybridized carbons (Fsp3) is 0.263. The van der Waals surface area contributed by atoms with Crippen LogP contribution in [0.3, 0.4) is 0 Å². The van der Waals surface area contributed by atoms with Gasteiger partial charge in [-0.2, -0.15) is 0 Å². The number of carbonyl (C=O) groups excluding carboxylic acids is 2. The van der Waals surface area contributed by atoms with Crippen LogP contribution in [0.4, 0.5) is 0 Å². The molecule has 0 saturated carbocycles. The maximum Gasteiger partial charge on any atom is 0.251 e. The molecule has 0 heterocycles. The number of amides is 2. The van der Waals surface area contributed by atoms with Gasteiger partial charge in [-0.15, -0.1) is 0 Å². The minimum atomic E-state index is -0.279. The summed E-state index contributed by atoms with van der Waals surface area (Å²) in [5.74, 6) is 0.332. The van der Waals surface area contributed by atoms with Gasteiger partial charge in [0.15, 0.2) is 0 Å². The van der Waals surface area contributed by atoms with Crippen molar-refractivity contribution in [3.05, 3.63) is 64.1 Å². The summed E-state index contributed by atoms with van der Waals surface area (Å²) < 4.78 is 6.45. The van der Waals surface area contributed by atoms with Gasteiger partial charge in [0.1, 0.15) is 12.4 Å². The van der Waals surface area contributed by atoms with E-state index in [9.17, 15) is 9.59 Å². The molecule has 2 rings (SSSR count). The van der Waals surface area contributed by atoms with Gasteiger partial charge < -0.3 is 15.0 Å². The van der Waals surface area contributed by atoms with Crippen LogP contribution in [0.5, 0.6) is 5.75 Å². The molecule has 0 fully saturated rings. The molecular formula is C19H21BrN2O3. The third-order valence-corrected chi connectivity index (χ3v) is 4.09. The number of likely N-dealkylation sites (N-methyl/N-ethyl adjacent to an activating group) is 1. The number of hydrogen-bond donors (Lipinski definition) is 1. The van der Waals surface area contributed by atoms with E-state index in [1.165, 1.54) is 4.90 Å². The van der Waals surface area contributed by atoms with E-state index in [2.05, 4.69) is 21.2 Å². The number of carbonyl (C=O) groups is 2. The minimum absolute atomic E-state index is 0.0493. The van der Waals surface area contributed by atoms with Gasteiger partial charge in [-0.3, -0.25) is 9.59 Å². The zero-order valence-corrected chi connectivity index (χ0v) is 15.9. The van der Waals surface area contributed by atoms with Crippen molar-refractivity contribution in [3.8, 4) is 5.75 Å². The quantitative estimate of drug-likeness (QED) is 0.771. The van der Waals surface area contributed by atoms with Crippen molar-refractivity contribution in [3.63, 3.8) is 0 Å². The van der Waals surface area contributed by atoms with Gasteiger partial charge in [0.05, 0.1) is 13.1 Å². The molecule has 2 aromatic carbocycles. The summed E-state index contributed by atoms with van der Waals surface area (Å²) >= 11 is 3.32. The SMILES string of the molecule is Cc1cccc(OCCN(C)C(=O)CNC(=O)c2cccc(Br)c2)c1. The Morgan fingerprint density at radius 2 is 1.92 bits per heavy atom. The average molecular weight is 405 g/mol. The molecule has 0 aliphatic heterocycles. The van der Waals surface area contributed by atoms with Gasteiger partial charge in [0.2, 0.25) is 5.91 Å². The molecule has 2 amide bonds. The number of benzene rings is 2. The first-order valence-corrected chi connectivity index (χ1v) is 8.72. The van der Waals surface area contributed by atoms with Crippen molar-refractivity contribution < 1.29 is 14.3 Å². The van der Waals surface area contributed by atoms with Crippen LogP contribution < -0.4 is 10.1 Å². The average Bonchev–Trinajstić information content (AvgIpc) is 2.59. The minimum Gasteiger partial charge on any atom is -0.492 e. The van der Waals surface area contributed by atoms with E-state index in [0.29, 0.717) is 18.7 Å². The summed E-state index contributed by atoms with van der Waals surface area (Å²) in [5.41, 5.74) is 1.63. The predicted molar refractivity (Wildman–Crippen MR) is 101 cm³/mol. The molecule has 0 saturated heterocycles. The normalized spacial score (nSPS) is 10.2. The van der Waals surface area contributed by atoms with Gasteiger partial charge in [-0.1, -0.05) is 34.1 Å². The van der Waals surface area contributed by atoms with Gasteiger partial charge in [0.25, 0.3) is 5.91 Å². The first-order chi connectivity index (χ1) is 12.0. The molecule has 25 heavy (non-hydrogen) atoms. The largest absolute Gasteiger partial charge is 0.492 e. The highest BCUT2D eigenvalue weighted by Gasteiger charge is 2.12. The lowest BCUT2D eigenvalue weighted by atomic mass is 10.2. The van der Waals surface area contributed by atoms with Crippen LogP contribution in [0.15, 0.2) is 53.0 Å².